The molecule has 1 saturated heterocycles. The fraction of sp³-hybridized carbons (Fsp3) is 0.812. The Hall–Kier alpha value is -0.650. The van der Waals surface area contributed by atoms with Gasteiger partial charge in [0.15, 0.2) is 5.13 Å². The number of ether oxygens (including phenoxy) is 1. The Kier molecular flexibility index (Phi) is 4.52. The van der Waals surface area contributed by atoms with E-state index in [1.54, 1.807) is 0 Å². The smallest absolute Gasteiger partial charge is 0.186 e. The number of nitrogens with zero attached hydrogens (tertiary/aromatic N) is 2. The summed E-state index contributed by atoms with van der Waals surface area (Å²) < 4.78 is 5.64. The first-order chi connectivity index (χ1) is 10.1. The van der Waals surface area contributed by atoms with E-state index in [9.17, 15) is 0 Å². The summed E-state index contributed by atoms with van der Waals surface area (Å²) in [5.74, 6) is 0.720. The third kappa shape index (κ3) is 3.41. The number of anilines is 1. The van der Waals surface area contributed by atoms with Crippen LogP contribution in [0.3, 0.4) is 0 Å². The van der Waals surface area contributed by atoms with Gasteiger partial charge >= 0.3 is 0 Å². The van der Waals surface area contributed by atoms with Crippen LogP contribution in [0.2, 0.25) is 0 Å². The van der Waals surface area contributed by atoms with Crippen molar-refractivity contribution < 1.29 is 4.74 Å². The summed E-state index contributed by atoms with van der Waals surface area (Å²) in [5, 5.41) is 4.73. The van der Waals surface area contributed by atoms with E-state index in [1.165, 1.54) is 35.0 Å². The maximum absolute atomic E-state index is 5.64. The third-order valence-electron chi connectivity index (χ3n) is 4.27. The molecule has 0 spiro atoms. The van der Waals surface area contributed by atoms with Crippen molar-refractivity contribution in [1.82, 2.24) is 10.3 Å². The molecule has 0 atom stereocenters. The molecule has 1 N–H and O–H groups in total. The summed E-state index contributed by atoms with van der Waals surface area (Å²) in [5.41, 5.74) is 1.41. The van der Waals surface area contributed by atoms with E-state index in [2.05, 4.69) is 31.0 Å². The average molecular weight is 309 g/mol. The van der Waals surface area contributed by atoms with Crippen molar-refractivity contribution in [3.63, 3.8) is 0 Å². The molecule has 1 aliphatic heterocycles. The Morgan fingerprint density at radius 3 is 2.90 bits per heavy atom. The molecule has 1 saturated carbocycles. The minimum Gasteiger partial charge on any atom is -0.377 e. The van der Waals surface area contributed by atoms with E-state index < -0.39 is 0 Å². The van der Waals surface area contributed by atoms with Gasteiger partial charge in [0.05, 0.1) is 24.4 Å². The number of morpholine rings is 1. The maximum Gasteiger partial charge on any atom is 0.186 e. The van der Waals surface area contributed by atoms with Gasteiger partial charge in [-0.2, -0.15) is 0 Å². The van der Waals surface area contributed by atoms with Crippen LogP contribution in [-0.4, -0.2) is 36.8 Å². The van der Waals surface area contributed by atoms with Gasteiger partial charge in [0.25, 0.3) is 0 Å². The topological polar surface area (TPSA) is 37.4 Å². The Balaban J connectivity index is 1.80. The molecule has 0 radical (unpaired) electrons. The van der Waals surface area contributed by atoms with Gasteiger partial charge in [0, 0.05) is 23.9 Å². The van der Waals surface area contributed by atoms with Crippen molar-refractivity contribution in [2.45, 2.75) is 58.0 Å². The second-order valence-corrected chi connectivity index (χ2v) is 7.83. The highest BCUT2D eigenvalue weighted by atomic mass is 32.1. The Bertz CT molecular complexity index is 482. The molecule has 1 aromatic heterocycles. The van der Waals surface area contributed by atoms with Gasteiger partial charge in [-0.3, -0.25) is 0 Å². The minimum absolute atomic E-state index is 0.0467. The second kappa shape index (κ2) is 6.23. The van der Waals surface area contributed by atoms with Crippen molar-refractivity contribution in [2.75, 3.05) is 31.2 Å². The number of aromatic nitrogens is 1. The number of hydrogen-bond acceptors (Lipinski definition) is 5. The molecule has 0 unspecified atom stereocenters. The van der Waals surface area contributed by atoms with E-state index in [0.29, 0.717) is 0 Å². The standard InChI is InChI=1S/C16H27N3OS/c1-4-7-17-10-13-14(12-5-6-12)18-15(21-13)19-8-9-20-11-16(19,2)3/h12,17H,4-11H2,1-3H3. The van der Waals surface area contributed by atoms with Crippen LogP contribution in [0.4, 0.5) is 5.13 Å². The average Bonchev–Trinajstić information content (AvgIpc) is 3.20. The Morgan fingerprint density at radius 2 is 2.24 bits per heavy atom. The van der Waals surface area contributed by atoms with Crippen molar-refractivity contribution in [1.29, 1.82) is 0 Å². The highest BCUT2D eigenvalue weighted by Crippen LogP contribution is 2.45. The fourth-order valence-corrected chi connectivity index (χ4v) is 4.16. The lowest BCUT2D eigenvalue weighted by Crippen LogP contribution is -2.53. The summed E-state index contributed by atoms with van der Waals surface area (Å²) in [7, 11) is 0. The van der Waals surface area contributed by atoms with E-state index in [0.717, 1.165) is 38.8 Å². The van der Waals surface area contributed by atoms with Gasteiger partial charge in [-0.25, -0.2) is 4.98 Å². The normalized spacial score (nSPS) is 21.8. The van der Waals surface area contributed by atoms with E-state index in [4.69, 9.17) is 9.72 Å². The van der Waals surface area contributed by atoms with Gasteiger partial charge in [0.1, 0.15) is 0 Å². The predicted octanol–water partition coefficient (Wildman–Crippen LogP) is 3.14. The molecule has 5 heteroatoms. The summed E-state index contributed by atoms with van der Waals surface area (Å²) >= 11 is 1.88. The van der Waals surface area contributed by atoms with Crippen LogP contribution in [0.5, 0.6) is 0 Å². The molecular formula is C16H27N3OS. The van der Waals surface area contributed by atoms with Crippen LogP contribution in [0, 0.1) is 0 Å². The van der Waals surface area contributed by atoms with Gasteiger partial charge in [0.2, 0.25) is 0 Å². The van der Waals surface area contributed by atoms with Crippen molar-refractivity contribution in [3.05, 3.63) is 10.6 Å². The van der Waals surface area contributed by atoms with Gasteiger partial charge in [-0.15, -0.1) is 11.3 Å². The molecule has 2 aliphatic rings. The van der Waals surface area contributed by atoms with Crippen LogP contribution in [-0.2, 0) is 11.3 Å². The first kappa shape index (κ1) is 15.3. The molecular weight excluding hydrogens is 282 g/mol. The number of rotatable bonds is 6. The SMILES string of the molecule is CCCNCc1sc(N2CCOCC2(C)C)nc1C1CC1. The molecule has 118 valence electrons. The largest absolute Gasteiger partial charge is 0.377 e. The minimum atomic E-state index is 0.0467. The second-order valence-electron chi connectivity index (χ2n) is 6.77. The molecule has 0 aromatic carbocycles. The van der Waals surface area contributed by atoms with E-state index in [1.807, 2.05) is 11.3 Å². The van der Waals surface area contributed by atoms with Crippen LogP contribution < -0.4 is 10.2 Å². The Labute approximate surface area is 131 Å². The van der Waals surface area contributed by atoms with Gasteiger partial charge in [-0.05, 0) is 39.7 Å². The van der Waals surface area contributed by atoms with E-state index in [-0.39, 0.29) is 5.54 Å². The zero-order valence-corrected chi connectivity index (χ0v) is 14.3. The molecule has 1 aliphatic carbocycles. The summed E-state index contributed by atoms with van der Waals surface area (Å²) in [6.45, 7) is 11.3. The van der Waals surface area contributed by atoms with Crippen LogP contribution in [0.1, 0.15) is 56.5 Å². The van der Waals surface area contributed by atoms with E-state index >= 15 is 0 Å². The van der Waals surface area contributed by atoms with Gasteiger partial charge < -0.3 is 15.0 Å². The zero-order valence-electron chi connectivity index (χ0n) is 13.4. The fourth-order valence-electron chi connectivity index (χ4n) is 2.86. The van der Waals surface area contributed by atoms with Crippen LogP contribution in [0.25, 0.3) is 0 Å². The lowest BCUT2D eigenvalue weighted by molar-refractivity contribution is 0.0643. The molecule has 2 heterocycles. The molecule has 3 rings (SSSR count). The van der Waals surface area contributed by atoms with Crippen LogP contribution >= 0.6 is 11.3 Å². The summed E-state index contributed by atoms with van der Waals surface area (Å²) in [6, 6.07) is 0. The summed E-state index contributed by atoms with van der Waals surface area (Å²) in [4.78, 5) is 8.91. The molecule has 1 aromatic rings. The molecule has 2 fully saturated rings. The molecule has 0 amide bonds. The summed E-state index contributed by atoms with van der Waals surface area (Å²) in [6.07, 6.45) is 3.81. The lowest BCUT2D eigenvalue weighted by Gasteiger charge is -2.42. The molecule has 21 heavy (non-hydrogen) atoms. The number of nitrogens with one attached hydrogen (secondary N) is 1. The Morgan fingerprint density at radius 1 is 1.43 bits per heavy atom. The van der Waals surface area contributed by atoms with Crippen LogP contribution in [0.15, 0.2) is 0 Å². The highest BCUT2D eigenvalue weighted by molar-refractivity contribution is 7.15. The quantitative estimate of drug-likeness (QED) is 0.819. The van der Waals surface area contributed by atoms with Gasteiger partial charge in [-0.1, -0.05) is 6.92 Å². The molecule has 0 bridgehead atoms. The van der Waals surface area contributed by atoms with Crippen molar-refractivity contribution in [2.24, 2.45) is 0 Å². The van der Waals surface area contributed by atoms with Crippen molar-refractivity contribution in [3.8, 4) is 0 Å². The highest BCUT2D eigenvalue weighted by Gasteiger charge is 2.35. The monoisotopic (exact) mass is 309 g/mol. The lowest BCUT2D eigenvalue weighted by atomic mass is 10.0. The van der Waals surface area contributed by atoms with Crippen molar-refractivity contribution >= 4 is 16.5 Å². The third-order valence-corrected chi connectivity index (χ3v) is 5.36. The number of thiazole rings is 1. The zero-order chi connectivity index (χ0) is 14.9. The first-order valence-corrected chi connectivity index (χ1v) is 8.99. The number of hydrogen-bond donors (Lipinski definition) is 1. The first-order valence-electron chi connectivity index (χ1n) is 8.17. The molecule has 4 nitrogen and oxygen atoms in total. The predicted molar refractivity (Wildman–Crippen MR) is 88.3 cm³/mol. The maximum atomic E-state index is 5.64.